The van der Waals surface area contributed by atoms with Crippen LogP contribution < -0.4 is 0 Å². The van der Waals surface area contributed by atoms with Gasteiger partial charge >= 0.3 is 5.97 Å². The summed E-state index contributed by atoms with van der Waals surface area (Å²) in [5.74, 6) is -0.129. The molecule has 2 atom stereocenters. The van der Waals surface area contributed by atoms with Crippen LogP contribution >= 0.6 is 11.8 Å². The van der Waals surface area contributed by atoms with Crippen LogP contribution in [0.1, 0.15) is 11.1 Å². The van der Waals surface area contributed by atoms with E-state index in [4.69, 9.17) is 0 Å². The Kier molecular flexibility index (Phi) is 3.32. The van der Waals surface area contributed by atoms with Crippen LogP contribution in [0.15, 0.2) is 30.5 Å². The summed E-state index contributed by atoms with van der Waals surface area (Å²) in [6, 6.07) is 6.52. The van der Waals surface area contributed by atoms with Gasteiger partial charge < -0.3 is 10.1 Å². The normalized spacial score (nSPS) is 26.9. The topological polar surface area (TPSA) is 56.3 Å². The first kappa shape index (κ1) is 14.8. The van der Waals surface area contributed by atoms with Gasteiger partial charge in [0.25, 0.3) is 0 Å². The van der Waals surface area contributed by atoms with Crippen molar-refractivity contribution in [3.8, 4) is 0 Å². The predicted octanol–water partition coefficient (Wildman–Crippen LogP) is 2.86. The van der Waals surface area contributed by atoms with Crippen molar-refractivity contribution in [3.63, 3.8) is 0 Å². The molecule has 2 N–H and O–H groups in total. The lowest BCUT2D eigenvalue weighted by Crippen LogP contribution is -2.51. The molecular formula is C18H20N2O2S. The Bertz CT molecular complexity index is 826. The van der Waals surface area contributed by atoms with Crippen LogP contribution in [-0.2, 0) is 11.2 Å². The maximum Gasteiger partial charge on any atom is 0.315 e. The smallest absolute Gasteiger partial charge is 0.315 e. The molecular weight excluding hydrogens is 308 g/mol. The number of H-pyrrole nitrogens is 1. The Morgan fingerprint density at radius 2 is 2.35 bits per heavy atom. The van der Waals surface area contributed by atoms with Gasteiger partial charge in [-0.2, -0.15) is 11.8 Å². The van der Waals surface area contributed by atoms with Crippen LogP contribution in [0.4, 0.5) is 0 Å². The highest BCUT2D eigenvalue weighted by Gasteiger charge is 2.45. The van der Waals surface area contributed by atoms with E-state index in [1.165, 1.54) is 22.1 Å². The Morgan fingerprint density at radius 3 is 3.09 bits per heavy atom. The van der Waals surface area contributed by atoms with Crippen LogP contribution in [-0.4, -0.2) is 52.6 Å². The summed E-state index contributed by atoms with van der Waals surface area (Å²) in [6.07, 6.45) is 7.05. The molecule has 2 aliphatic rings. The van der Waals surface area contributed by atoms with Gasteiger partial charge in [-0.1, -0.05) is 18.2 Å². The fourth-order valence-electron chi connectivity index (χ4n) is 4.16. The van der Waals surface area contributed by atoms with Gasteiger partial charge in [-0.25, -0.2) is 0 Å². The molecule has 0 amide bonds. The number of thioether (sulfide) groups is 1. The number of hydrogen-bond donors (Lipinski definition) is 2. The highest BCUT2D eigenvalue weighted by atomic mass is 32.2. The summed E-state index contributed by atoms with van der Waals surface area (Å²) in [7, 11) is 2.05. The first-order valence-electron chi connectivity index (χ1n) is 7.80. The third-order valence-corrected chi connectivity index (χ3v) is 6.00. The van der Waals surface area contributed by atoms with Crippen molar-refractivity contribution >= 4 is 34.2 Å². The lowest BCUT2D eigenvalue weighted by Gasteiger charge is -2.43. The van der Waals surface area contributed by atoms with Gasteiger partial charge in [-0.15, -0.1) is 0 Å². The van der Waals surface area contributed by atoms with Crippen molar-refractivity contribution in [1.29, 1.82) is 0 Å². The lowest BCUT2D eigenvalue weighted by atomic mass is 9.75. The first-order valence-corrected chi connectivity index (χ1v) is 9.20. The number of hydrogen-bond acceptors (Lipinski definition) is 3. The zero-order chi connectivity index (χ0) is 16.2. The van der Waals surface area contributed by atoms with Gasteiger partial charge in [0.2, 0.25) is 0 Å². The van der Waals surface area contributed by atoms with E-state index >= 15 is 0 Å². The standard InChI is InChI=1S/C18H20N2O2S/c1-20-9-18(10-23-2,17(21)22)7-13-12-4-3-5-14-16(12)11(8-19-14)6-15(13)20/h3-5,7-8,15,19H,6,9-10H2,1-2H3,(H,21,22)/t15-,18-/m1/s1. The van der Waals surface area contributed by atoms with Gasteiger partial charge in [0.15, 0.2) is 0 Å². The van der Waals surface area contributed by atoms with E-state index < -0.39 is 11.4 Å². The second-order valence-corrected chi connectivity index (χ2v) is 7.54. The third kappa shape index (κ3) is 2.07. The summed E-state index contributed by atoms with van der Waals surface area (Å²) in [5.41, 5.74) is 4.02. The highest BCUT2D eigenvalue weighted by Crippen LogP contribution is 2.44. The zero-order valence-corrected chi connectivity index (χ0v) is 14.1. The highest BCUT2D eigenvalue weighted by molar-refractivity contribution is 7.98. The average molecular weight is 328 g/mol. The van der Waals surface area contributed by atoms with Crippen LogP contribution in [0.3, 0.4) is 0 Å². The number of benzene rings is 1. The number of aliphatic carboxylic acids is 1. The molecule has 1 aromatic heterocycles. The molecule has 0 unspecified atom stereocenters. The number of aromatic nitrogens is 1. The molecule has 1 aromatic carbocycles. The van der Waals surface area contributed by atoms with E-state index in [0.29, 0.717) is 12.3 Å². The summed E-state index contributed by atoms with van der Waals surface area (Å²) >= 11 is 1.60. The van der Waals surface area contributed by atoms with Crippen molar-refractivity contribution in [2.45, 2.75) is 12.5 Å². The minimum absolute atomic E-state index is 0.262. The molecule has 2 heterocycles. The Morgan fingerprint density at radius 1 is 1.52 bits per heavy atom. The third-order valence-electron chi connectivity index (χ3n) is 5.19. The van der Waals surface area contributed by atoms with E-state index in [1.54, 1.807) is 11.8 Å². The summed E-state index contributed by atoms with van der Waals surface area (Å²) < 4.78 is 0. The number of fused-ring (bicyclic) bond motifs is 2. The van der Waals surface area contributed by atoms with Gasteiger partial charge in [0.1, 0.15) is 5.41 Å². The van der Waals surface area contributed by atoms with Gasteiger partial charge in [-0.3, -0.25) is 9.69 Å². The minimum atomic E-state index is -0.810. The maximum atomic E-state index is 12.0. The second-order valence-electron chi connectivity index (χ2n) is 6.67. The first-order chi connectivity index (χ1) is 11.1. The van der Waals surface area contributed by atoms with Gasteiger partial charge in [0.05, 0.1) is 0 Å². The number of carboxylic acids is 1. The molecule has 0 saturated carbocycles. The van der Waals surface area contributed by atoms with Crippen molar-refractivity contribution in [1.82, 2.24) is 9.88 Å². The Hall–Kier alpha value is -1.72. The molecule has 0 radical (unpaired) electrons. The van der Waals surface area contributed by atoms with Crippen LogP contribution in [0.5, 0.6) is 0 Å². The second kappa shape index (κ2) is 5.14. The molecule has 1 aliphatic carbocycles. The molecule has 5 heteroatoms. The maximum absolute atomic E-state index is 12.0. The number of likely N-dealkylation sites (N-methyl/N-ethyl adjacent to an activating group) is 1. The number of rotatable bonds is 3. The molecule has 23 heavy (non-hydrogen) atoms. The largest absolute Gasteiger partial charge is 0.481 e. The Balaban J connectivity index is 1.96. The van der Waals surface area contributed by atoms with Gasteiger partial charge in [-0.05, 0) is 42.5 Å². The van der Waals surface area contributed by atoms with E-state index in [1.807, 2.05) is 25.4 Å². The molecule has 0 saturated heterocycles. The van der Waals surface area contributed by atoms with E-state index in [9.17, 15) is 9.90 Å². The van der Waals surface area contributed by atoms with Crippen molar-refractivity contribution in [2.75, 3.05) is 25.6 Å². The van der Waals surface area contributed by atoms with E-state index in [0.717, 1.165) is 11.9 Å². The summed E-state index contributed by atoms with van der Waals surface area (Å²) in [6.45, 7) is 0.563. The minimum Gasteiger partial charge on any atom is -0.481 e. The molecule has 0 fully saturated rings. The Labute approximate surface area is 139 Å². The van der Waals surface area contributed by atoms with Crippen molar-refractivity contribution in [2.24, 2.45) is 5.41 Å². The number of carboxylic acid groups (broad SMARTS) is 1. The fourth-order valence-corrected chi connectivity index (χ4v) is 4.97. The molecule has 120 valence electrons. The molecule has 4 nitrogen and oxygen atoms in total. The summed E-state index contributed by atoms with van der Waals surface area (Å²) in [4.78, 5) is 17.6. The number of nitrogens with one attached hydrogen (secondary N) is 1. The van der Waals surface area contributed by atoms with Crippen molar-refractivity contribution in [3.05, 3.63) is 41.6 Å². The molecule has 4 rings (SSSR count). The SMILES string of the molecule is CSC[C@@]1(C(=O)O)C=C2c3cccc4[nH]cc(c34)C[C@H]2N(C)C1. The molecule has 0 spiro atoms. The number of carbonyl (C=O) groups is 1. The van der Waals surface area contributed by atoms with E-state index in [-0.39, 0.29) is 6.04 Å². The molecule has 2 aromatic rings. The zero-order valence-electron chi connectivity index (χ0n) is 13.3. The number of aromatic amines is 1. The van der Waals surface area contributed by atoms with Crippen LogP contribution in [0, 0.1) is 5.41 Å². The van der Waals surface area contributed by atoms with E-state index in [2.05, 4.69) is 28.2 Å². The summed E-state index contributed by atoms with van der Waals surface area (Å²) in [5, 5.41) is 11.1. The predicted molar refractivity (Wildman–Crippen MR) is 94.8 cm³/mol. The van der Waals surface area contributed by atoms with Crippen LogP contribution in [0.2, 0.25) is 0 Å². The molecule has 0 bridgehead atoms. The average Bonchev–Trinajstić information content (AvgIpc) is 2.93. The monoisotopic (exact) mass is 328 g/mol. The van der Waals surface area contributed by atoms with Crippen molar-refractivity contribution < 1.29 is 9.90 Å². The number of nitrogens with zero attached hydrogens (tertiary/aromatic N) is 1. The fraction of sp³-hybridized carbons (Fsp3) is 0.389. The molecule has 1 aliphatic heterocycles. The quantitative estimate of drug-likeness (QED) is 0.910. The lowest BCUT2D eigenvalue weighted by molar-refractivity contribution is -0.146. The van der Waals surface area contributed by atoms with Gasteiger partial charge in [0, 0.05) is 35.4 Å². The van der Waals surface area contributed by atoms with Crippen LogP contribution in [0.25, 0.3) is 16.5 Å².